The molecule has 2 bridgehead atoms. The summed E-state index contributed by atoms with van der Waals surface area (Å²) in [6.45, 7) is 12.9. The van der Waals surface area contributed by atoms with E-state index in [2.05, 4.69) is 62.4 Å². The van der Waals surface area contributed by atoms with E-state index >= 15 is 0 Å². The number of thiazole rings is 1. The lowest BCUT2D eigenvalue weighted by atomic mass is 9.91. The number of aromatic hydroxyl groups is 1. The van der Waals surface area contributed by atoms with Gasteiger partial charge < -0.3 is 64.5 Å². The van der Waals surface area contributed by atoms with Crippen LogP contribution < -0.4 is 30.5 Å². The molecule has 1 aliphatic carbocycles. The number of anilines is 4. The van der Waals surface area contributed by atoms with E-state index in [9.17, 15) is 19.8 Å². The minimum absolute atomic E-state index is 0.0650. The van der Waals surface area contributed by atoms with Crippen molar-refractivity contribution in [2.45, 2.75) is 139 Å². The Morgan fingerprint density at radius 2 is 1.62 bits per heavy atom. The van der Waals surface area contributed by atoms with Gasteiger partial charge in [-0.1, -0.05) is 55.4 Å². The second-order valence-electron chi connectivity index (χ2n) is 24.4. The van der Waals surface area contributed by atoms with Crippen LogP contribution in [0.4, 0.5) is 23.0 Å². The van der Waals surface area contributed by atoms with Crippen LogP contribution in [-0.2, 0) is 19.1 Å². The number of phenols is 1. The molecule has 446 valence electrons. The summed E-state index contributed by atoms with van der Waals surface area (Å²) in [5.74, 6) is 1.62. The molecule has 20 nitrogen and oxygen atoms in total. The Hall–Kier alpha value is -6.91. The summed E-state index contributed by atoms with van der Waals surface area (Å²) in [5.41, 5.74) is 14.4. The molecule has 6 aromatic rings. The molecule has 0 radical (unpaired) electrons. The average molecular weight is 1170 g/mol. The highest BCUT2D eigenvalue weighted by Crippen LogP contribution is 2.41. The summed E-state index contributed by atoms with van der Waals surface area (Å²) in [6.07, 6.45) is 10.3. The number of β-amino-alcohol motifs (C(OH)–C–C–N with tert-alkyl or cyclic N) is 1. The Labute approximate surface area is 495 Å². The monoisotopic (exact) mass is 1160 g/mol. The van der Waals surface area contributed by atoms with Crippen LogP contribution >= 0.6 is 11.3 Å². The lowest BCUT2D eigenvalue weighted by Crippen LogP contribution is -2.54. The van der Waals surface area contributed by atoms with Crippen LogP contribution in [0.15, 0.2) is 89.0 Å². The van der Waals surface area contributed by atoms with Gasteiger partial charge in [-0.2, -0.15) is 0 Å². The third-order valence-electron chi connectivity index (χ3n) is 18.4. The van der Waals surface area contributed by atoms with Crippen molar-refractivity contribution in [3.63, 3.8) is 0 Å². The molecule has 1 saturated carbocycles. The van der Waals surface area contributed by atoms with Gasteiger partial charge in [0.25, 0.3) is 0 Å². The van der Waals surface area contributed by atoms with E-state index in [1.54, 1.807) is 35.5 Å². The first kappa shape index (κ1) is 57.5. The van der Waals surface area contributed by atoms with Gasteiger partial charge >= 0.3 is 0 Å². The number of piperidine rings is 2. The number of piperazine rings is 1. The third-order valence-corrected chi connectivity index (χ3v) is 19.4. The number of phenolic OH excluding ortho intramolecular Hbond substituents is 1. The smallest absolute Gasteiger partial charge is 0.243 e. The topological polar surface area (TPSA) is 234 Å². The third kappa shape index (κ3) is 12.6. The standard InChI is InChI=1S/C63H80N12O8S/c1-38(2)59(63(79)74-36-46(76)28-54(74)62(78)67-51(20-26-80-4)41-9-11-42(12-10-41)60-39(3)66-37-84-60)56-32-57(70-83-56)72-24-16-40(17-25-72)33-71-22-18-47(19-23-71)81-48-29-49(30-48)82-58-27-43(15-21-65-58)75-44-13-14-45(75)35-73(34-44)53-31-52(68-69-61(53)64)50-7-5-6-8-55(50)77/h5-12,15,21,27,31-32,37-38,40,44-49,51,54,59,76-77H,13-14,16-20,22-26,28-30,33-36H2,1-4H3,(H2,64,69)(H,67,78)/t44?,45?,46-,48-,49-,51+,54+,59-/m1/s1. The molecule has 12 rings (SSSR count). The number of nitrogens with zero attached hydrogens (tertiary/aromatic N) is 10. The first-order valence-electron chi connectivity index (χ1n) is 30.3. The second kappa shape index (κ2) is 25.4. The first-order valence-corrected chi connectivity index (χ1v) is 31.2. The fraction of sp³-hybridized carbons (Fsp3) is 0.540. The number of nitrogen functional groups attached to an aromatic ring is 1. The normalized spacial score (nSPS) is 23.9. The molecule has 2 unspecified atom stereocenters. The number of aryl methyl sites for hydroxylation is 1. The molecule has 2 amide bonds. The first-order chi connectivity index (χ1) is 40.8. The van der Waals surface area contributed by atoms with Gasteiger partial charge in [-0.15, -0.1) is 21.5 Å². The number of amides is 2. The maximum atomic E-state index is 14.6. The molecule has 4 aromatic heterocycles. The number of rotatable bonds is 20. The zero-order valence-corrected chi connectivity index (χ0v) is 49.5. The number of aliphatic hydroxyl groups is 1. The zero-order valence-electron chi connectivity index (χ0n) is 48.7. The molecule has 6 atom stereocenters. The predicted octanol–water partition coefficient (Wildman–Crippen LogP) is 8.01. The SMILES string of the molecule is COCC[C@H](NC(=O)[C@@H]1C[C@@H](O)CN1C(=O)[C@@H](c1cc(N2CCC(CN3CCC(O[C@H]4C[C@H](Oc5cc(N6C7CCC6CN(c6cc(-c8ccccc8O)nnc6N)C7)ccn5)C4)CC3)CC2)no1)C(C)C)c1ccc(-c2scnc2C)cc1. The Kier molecular flexibility index (Phi) is 17.4. The van der Waals surface area contributed by atoms with Gasteiger partial charge in [-0.05, 0) is 99.1 Å². The number of carbonyl (C=O) groups is 2. The van der Waals surface area contributed by atoms with Crippen molar-refractivity contribution in [1.29, 1.82) is 0 Å². The van der Waals surface area contributed by atoms with E-state index in [4.69, 9.17) is 24.5 Å². The minimum Gasteiger partial charge on any atom is -0.507 e. The highest BCUT2D eigenvalue weighted by molar-refractivity contribution is 7.13. The number of aromatic nitrogens is 5. The summed E-state index contributed by atoms with van der Waals surface area (Å²) in [7, 11) is 1.64. The molecule has 5 N–H and O–H groups in total. The number of nitrogens with one attached hydrogen (secondary N) is 1. The summed E-state index contributed by atoms with van der Waals surface area (Å²) < 4.78 is 24.5. The summed E-state index contributed by atoms with van der Waals surface area (Å²) in [5, 5.41) is 37.7. The van der Waals surface area contributed by atoms with Crippen molar-refractivity contribution in [2.24, 2.45) is 11.8 Å². The fourth-order valence-electron chi connectivity index (χ4n) is 13.8. The predicted molar refractivity (Wildman–Crippen MR) is 322 cm³/mol. The Bertz CT molecular complexity index is 3200. The summed E-state index contributed by atoms with van der Waals surface area (Å²) in [6, 6.07) is 22.7. The summed E-state index contributed by atoms with van der Waals surface area (Å²) >= 11 is 1.59. The van der Waals surface area contributed by atoms with E-state index in [1.807, 2.05) is 81.0 Å². The average Bonchev–Trinajstić information content (AvgIpc) is 4.42. The number of methoxy groups -OCH3 is 1. The molecule has 9 heterocycles. The Morgan fingerprint density at radius 1 is 0.857 bits per heavy atom. The number of carbonyl (C=O) groups excluding carboxylic acids is 2. The number of para-hydroxylation sites is 1. The van der Waals surface area contributed by atoms with Gasteiger partial charge in [-0.3, -0.25) is 9.59 Å². The molecule has 21 heteroatoms. The maximum Gasteiger partial charge on any atom is 0.243 e. The molecule has 84 heavy (non-hydrogen) atoms. The number of aliphatic hydroxyl groups excluding tert-OH is 1. The molecular formula is C63H80N12O8S. The molecule has 6 aliphatic rings. The lowest BCUT2D eigenvalue weighted by Gasteiger charge is -2.43. The number of hydrogen-bond donors (Lipinski definition) is 4. The lowest BCUT2D eigenvalue weighted by molar-refractivity contribution is -0.141. The minimum atomic E-state index is -0.840. The van der Waals surface area contributed by atoms with Crippen LogP contribution in [0.25, 0.3) is 21.7 Å². The molecule has 6 fully saturated rings. The van der Waals surface area contributed by atoms with Gasteiger partial charge in [0.05, 0.1) is 51.8 Å². The number of hydrogen-bond acceptors (Lipinski definition) is 19. The van der Waals surface area contributed by atoms with Crippen molar-refractivity contribution >= 4 is 46.2 Å². The second-order valence-corrected chi connectivity index (χ2v) is 25.3. The molecule has 5 aliphatic heterocycles. The van der Waals surface area contributed by atoms with E-state index in [0.717, 1.165) is 136 Å². The van der Waals surface area contributed by atoms with Crippen molar-refractivity contribution in [1.82, 2.24) is 40.4 Å². The van der Waals surface area contributed by atoms with E-state index in [0.29, 0.717) is 59.7 Å². The van der Waals surface area contributed by atoms with E-state index in [1.165, 1.54) is 0 Å². The number of nitrogens with two attached hydrogens (primary N) is 1. The van der Waals surface area contributed by atoms with Crippen LogP contribution in [0, 0.1) is 18.8 Å². The zero-order chi connectivity index (χ0) is 58.0. The van der Waals surface area contributed by atoms with Crippen LogP contribution in [0.2, 0.25) is 0 Å². The Morgan fingerprint density at radius 3 is 2.33 bits per heavy atom. The van der Waals surface area contributed by atoms with Gasteiger partial charge in [0.2, 0.25) is 17.7 Å². The van der Waals surface area contributed by atoms with Crippen LogP contribution in [0.5, 0.6) is 11.6 Å². The largest absolute Gasteiger partial charge is 0.507 e. The molecule has 0 spiro atoms. The number of likely N-dealkylation sites (tertiary alicyclic amines) is 2. The van der Waals surface area contributed by atoms with Crippen molar-refractivity contribution in [3.05, 3.63) is 102 Å². The Balaban J connectivity index is 0.571. The molecular weight excluding hydrogens is 1080 g/mol. The number of ether oxygens (including phenoxy) is 3. The van der Waals surface area contributed by atoms with Gasteiger partial charge in [-0.25, -0.2) is 9.97 Å². The fourth-order valence-corrected chi connectivity index (χ4v) is 14.6. The van der Waals surface area contributed by atoms with Crippen molar-refractivity contribution < 1.29 is 38.5 Å². The number of pyridine rings is 1. The summed E-state index contributed by atoms with van der Waals surface area (Å²) in [4.78, 5) is 50.1. The van der Waals surface area contributed by atoms with Crippen LogP contribution in [-0.4, -0.2) is 166 Å². The van der Waals surface area contributed by atoms with E-state index in [-0.39, 0.29) is 60.8 Å². The van der Waals surface area contributed by atoms with Crippen molar-refractivity contribution in [2.75, 3.05) is 86.5 Å². The maximum absolute atomic E-state index is 14.6. The van der Waals surface area contributed by atoms with Gasteiger partial charge in [0.1, 0.15) is 23.8 Å². The number of benzene rings is 2. The number of fused-ring (bicyclic) bond motifs is 2. The highest BCUT2D eigenvalue weighted by Gasteiger charge is 2.45. The van der Waals surface area contributed by atoms with Gasteiger partial charge in [0, 0.05) is 127 Å². The molecule has 2 aromatic carbocycles. The molecule has 5 saturated heterocycles. The van der Waals surface area contributed by atoms with Crippen LogP contribution in [0.3, 0.4) is 0 Å². The highest BCUT2D eigenvalue weighted by atomic mass is 32.1. The van der Waals surface area contributed by atoms with Crippen LogP contribution in [0.1, 0.15) is 107 Å². The van der Waals surface area contributed by atoms with E-state index < -0.39 is 18.1 Å². The van der Waals surface area contributed by atoms with Gasteiger partial charge in [0.15, 0.2) is 17.4 Å². The van der Waals surface area contributed by atoms with Crippen molar-refractivity contribution in [3.8, 4) is 33.3 Å². The quantitative estimate of drug-likeness (QED) is 0.0567.